The first-order valence-electron chi connectivity index (χ1n) is 9.22. The summed E-state index contributed by atoms with van der Waals surface area (Å²) in [4.78, 5) is 9.21. The molecule has 0 amide bonds. The largest absolute Gasteiger partial charge is 0.432 e. The number of hydrogen-bond acceptors (Lipinski definition) is 6. The molecule has 0 bridgehead atoms. The number of nitriles is 2. The summed E-state index contributed by atoms with van der Waals surface area (Å²) >= 11 is 0. The number of benzene rings is 4. The van der Waals surface area contributed by atoms with Gasteiger partial charge in [-0.25, -0.2) is 9.97 Å². The SMILES string of the molecule is N#Cc1cc2oc(-c3nc4c(cc(C#N)c5ccccc54)o3)nc2c2ccccc12. The zero-order chi connectivity index (χ0) is 20.2. The Labute approximate surface area is 169 Å². The molecule has 0 spiro atoms. The molecule has 0 saturated carbocycles. The first kappa shape index (κ1) is 16.3. The molecule has 0 saturated heterocycles. The van der Waals surface area contributed by atoms with E-state index in [4.69, 9.17) is 8.83 Å². The molecule has 0 atom stereocenters. The lowest BCUT2D eigenvalue weighted by Crippen LogP contribution is -1.82. The lowest BCUT2D eigenvalue weighted by atomic mass is 10.0. The van der Waals surface area contributed by atoms with Crippen LogP contribution in [0.4, 0.5) is 0 Å². The average Bonchev–Trinajstić information content (AvgIpc) is 3.42. The summed E-state index contributed by atoms with van der Waals surface area (Å²) in [7, 11) is 0. The molecule has 0 aliphatic rings. The van der Waals surface area contributed by atoms with E-state index in [-0.39, 0.29) is 11.8 Å². The van der Waals surface area contributed by atoms with Gasteiger partial charge in [-0.05, 0) is 0 Å². The van der Waals surface area contributed by atoms with E-state index in [1.54, 1.807) is 12.1 Å². The Bertz CT molecular complexity index is 1600. The smallest absolute Gasteiger partial charge is 0.284 e. The molecule has 6 aromatic rings. The highest BCUT2D eigenvalue weighted by atomic mass is 16.4. The highest BCUT2D eigenvalue weighted by molar-refractivity contribution is 6.08. The van der Waals surface area contributed by atoms with Gasteiger partial charge in [-0.1, -0.05) is 48.5 Å². The molecular weight excluding hydrogens is 376 g/mol. The Morgan fingerprint density at radius 2 is 1.00 bits per heavy atom. The van der Waals surface area contributed by atoms with Crippen molar-refractivity contribution in [2.75, 3.05) is 0 Å². The van der Waals surface area contributed by atoms with E-state index in [1.165, 1.54) is 0 Å². The predicted molar refractivity (Wildman–Crippen MR) is 111 cm³/mol. The van der Waals surface area contributed by atoms with E-state index in [1.807, 2.05) is 48.5 Å². The molecular formula is C24H10N4O2. The summed E-state index contributed by atoms with van der Waals surface area (Å²) in [5.74, 6) is 0.452. The van der Waals surface area contributed by atoms with Crippen LogP contribution in [0.5, 0.6) is 0 Å². The summed E-state index contributed by atoms with van der Waals surface area (Å²) in [5.41, 5.74) is 3.30. The van der Waals surface area contributed by atoms with E-state index >= 15 is 0 Å². The number of oxazole rings is 2. The second-order valence-electron chi connectivity index (χ2n) is 6.89. The first-order chi connectivity index (χ1) is 14.8. The van der Waals surface area contributed by atoms with Crippen LogP contribution < -0.4 is 0 Å². The van der Waals surface area contributed by atoms with Gasteiger partial charge < -0.3 is 8.83 Å². The van der Waals surface area contributed by atoms with E-state index < -0.39 is 0 Å². The molecule has 138 valence electrons. The third kappa shape index (κ3) is 2.16. The zero-order valence-electron chi connectivity index (χ0n) is 15.4. The molecule has 30 heavy (non-hydrogen) atoms. The van der Waals surface area contributed by atoms with E-state index in [0.717, 1.165) is 21.5 Å². The van der Waals surface area contributed by atoms with Crippen molar-refractivity contribution < 1.29 is 8.83 Å². The fraction of sp³-hybridized carbons (Fsp3) is 0. The van der Waals surface area contributed by atoms with Crippen LogP contribution in [0.15, 0.2) is 69.5 Å². The lowest BCUT2D eigenvalue weighted by molar-refractivity contribution is 0.550. The lowest BCUT2D eigenvalue weighted by Gasteiger charge is -1.99. The molecule has 0 aliphatic heterocycles. The van der Waals surface area contributed by atoms with E-state index in [9.17, 15) is 10.5 Å². The van der Waals surface area contributed by atoms with Gasteiger partial charge in [0.25, 0.3) is 11.8 Å². The minimum absolute atomic E-state index is 0.226. The second kappa shape index (κ2) is 5.91. The fourth-order valence-corrected chi connectivity index (χ4v) is 3.88. The van der Waals surface area contributed by atoms with Crippen LogP contribution in [-0.2, 0) is 0 Å². The van der Waals surface area contributed by atoms with Gasteiger partial charge >= 0.3 is 0 Å². The maximum absolute atomic E-state index is 9.49. The standard InChI is InChI=1S/C24H10N4O2/c25-11-13-9-19-21(17-7-3-1-5-15(13)17)27-23(29-19)24-28-22-18-8-4-2-6-16(18)14(12-26)10-20(22)30-24/h1-10H. The quantitative estimate of drug-likeness (QED) is 0.360. The number of nitrogens with zero attached hydrogens (tertiary/aromatic N) is 4. The van der Waals surface area contributed by atoms with Gasteiger partial charge in [-0.2, -0.15) is 10.5 Å². The van der Waals surface area contributed by atoms with E-state index in [0.29, 0.717) is 33.3 Å². The summed E-state index contributed by atoms with van der Waals surface area (Å²) in [6.45, 7) is 0. The van der Waals surface area contributed by atoms with Gasteiger partial charge in [-0.3, -0.25) is 0 Å². The average molecular weight is 386 g/mol. The van der Waals surface area contributed by atoms with Crippen molar-refractivity contribution in [1.29, 1.82) is 10.5 Å². The first-order valence-corrected chi connectivity index (χ1v) is 9.22. The molecule has 6 nitrogen and oxygen atoms in total. The number of aromatic nitrogens is 2. The van der Waals surface area contributed by atoms with Crippen molar-refractivity contribution in [1.82, 2.24) is 9.97 Å². The minimum Gasteiger partial charge on any atom is -0.432 e. The second-order valence-corrected chi connectivity index (χ2v) is 6.89. The summed E-state index contributed by atoms with van der Waals surface area (Å²) in [6.07, 6.45) is 0. The Morgan fingerprint density at radius 1 is 0.600 bits per heavy atom. The highest BCUT2D eigenvalue weighted by Crippen LogP contribution is 2.35. The Balaban J connectivity index is 1.64. The molecule has 0 N–H and O–H groups in total. The molecule has 6 rings (SSSR count). The molecule has 0 fully saturated rings. The van der Waals surface area contributed by atoms with Crippen molar-refractivity contribution in [3.8, 4) is 23.9 Å². The van der Waals surface area contributed by atoms with E-state index in [2.05, 4.69) is 22.1 Å². The molecule has 2 heterocycles. The number of hydrogen-bond donors (Lipinski definition) is 0. The van der Waals surface area contributed by atoms with Crippen molar-refractivity contribution in [2.24, 2.45) is 0 Å². The monoisotopic (exact) mass is 386 g/mol. The summed E-state index contributed by atoms with van der Waals surface area (Å²) in [5, 5.41) is 22.3. The molecule has 0 aliphatic carbocycles. The minimum atomic E-state index is 0.226. The van der Waals surface area contributed by atoms with Gasteiger partial charge in [0, 0.05) is 33.7 Å². The fourth-order valence-electron chi connectivity index (χ4n) is 3.88. The molecule has 0 unspecified atom stereocenters. The van der Waals surface area contributed by atoms with Crippen molar-refractivity contribution in [2.45, 2.75) is 0 Å². The topological polar surface area (TPSA) is 99.6 Å². The van der Waals surface area contributed by atoms with Gasteiger partial charge in [0.1, 0.15) is 11.0 Å². The van der Waals surface area contributed by atoms with Crippen LogP contribution in [0.3, 0.4) is 0 Å². The van der Waals surface area contributed by atoms with Crippen molar-refractivity contribution in [3.05, 3.63) is 71.8 Å². The van der Waals surface area contributed by atoms with Crippen molar-refractivity contribution in [3.63, 3.8) is 0 Å². The van der Waals surface area contributed by atoms with Gasteiger partial charge in [0.2, 0.25) is 0 Å². The van der Waals surface area contributed by atoms with Crippen LogP contribution in [0.1, 0.15) is 11.1 Å². The maximum Gasteiger partial charge on any atom is 0.284 e. The van der Waals surface area contributed by atoms with Crippen LogP contribution >= 0.6 is 0 Å². The van der Waals surface area contributed by atoms with Crippen molar-refractivity contribution >= 4 is 43.7 Å². The van der Waals surface area contributed by atoms with Crippen LogP contribution in [0, 0.1) is 22.7 Å². The zero-order valence-corrected chi connectivity index (χ0v) is 15.4. The Kier molecular flexibility index (Phi) is 3.21. The Hall–Kier alpha value is -4.68. The van der Waals surface area contributed by atoms with Crippen LogP contribution in [0.25, 0.3) is 55.5 Å². The third-order valence-electron chi connectivity index (χ3n) is 5.23. The molecule has 2 aromatic heterocycles. The van der Waals surface area contributed by atoms with Crippen LogP contribution in [0.2, 0.25) is 0 Å². The molecule has 0 radical (unpaired) electrons. The normalized spacial score (nSPS) is 11.3. The molecule has 4 aromatic carbocycles. The third-order valence-corrected chi connectivity index (χ3v) is 5.23. The van der Waals surface area contributed by atoms with Gasteiger partial charge in [0.05, 0.1) is 23.3 Å². The van der Waals surface area contributed by atoms with Crippen LogP contribution in [-0.4, -0.2) is 9.97 Å². The Morgan fingerprint density at radius 3 is 1.40 bits per heavy atom. The number of fused-ring (bicyclic) bond motifs is 6. The van der Waals surface area contributed by atoms with Gasteiger partial charge in [-0.15, -0.1) is 0 Å². The molecule has 6 heteroatoms. The predicted octanol–water partition coefficient (Wildman–Crippen LogP) is 5.69. The summed E-state index contributed by atoms with van der Waals surface area (Å²) in [6, 6.07) is 22.9. The highest BCUT2D eigenvalue weighted by Gasteiger charge is 2.20. The van der Waals surface area contributed by atoms with Gasteiger partial charge in [0.15, 0.2) is 11.2 Å². The maximum atomic E-state index is 9.49. The number of rotatable bonds is 1. The summed E-state index contributed by atoms with van der Waals surface area (Å²) < 4.78 is 11.8.